The second-order valence-electron chi connectivity index (χ2n) is 7.56. The lowest BCUT2D eigenvalue weighted by Crippen LogP contribution is -2.41. The molecule has 2 amide bonds. The molecule has 1 atom stereocenters. The number of aromatic nitrogens is 3. The maximum absolute atomic E-state index is 12.5. The molecular weight excluding hydrogens is 384 g/mol. The van der Waals surface area contributed by atoms with Crippen molar-refractivity contribution in [3.05, 3.63) is 53.1 Å². The Balaban J connectivity index is 1.44. The third kappa shape index (κ3) is 3.78. The molecule has 30 heavy (non-hydrogen) atoms. The highest BCUT2D eigenvalue weighted by Crippen LogP contribution is 2.22. The van der Waals surface area contributed by atoms with Crippen LogP contribution in [0, 0.1) is 5.92 Å². The number of primary amides is 1. The number of para-hydroxylation sites is 2. The third-order valence-corrected chi connectivity index (χ3v) is 5.53. The number of hydrogen-bond acceptors (Lipinski definition) is 5. The summed E-state index contributed by atoms with van der Waals surface area (Å²) in [7, 11) is 1.69. The van der Waals surface area contributed by atoms with Crippen LogP contribution in [0.2, 0.25) is 0 Å². The Kier molecular flexibility index (Phi) is 5.26. The lowest BCUT2D eigenvalue weighted by Gasteiger charge is -2.32. The summed E-state index contributed by atoms with van der Waals surface area (Å²) in [6.07, 6.45) is 3.26. The van der Waals surface area contributed by atoms with Gasteiger partial charge in [-0.1, -0.05) is 12.1 Å². The number of fused-ring (bicyclic) bond motifs is 1. The Hall–Kier alpha value is -3.62. The number of piperidine rings is 1. The Morgan fingerprint density at radius 1 is 1.20 bits per heavy atom. The van der Waals surface area contributed by atoms with Crippen LogP contribution >= 0.6 is 0 Å². The molecule has 1 fully saturated rings. The smallest absolute Gasteiger partial charge is 0.329 e. The van der Waals surface area contributed by atoms with E-state index >= 15 is 0 Å². The zero-order chi connectivity index (χ0) is 21.3. The largest absolute Gasteiger partial charge is 0.369 e. The molecule has 3 aromatic rings. The topological polar surface area (TPSA) is 115 Å². The highest BCUT2D eigenvalue weighted by molar-refractivity contribution is 5.91. The molecule has 1 aliphatic heterocycles. The number of pyridine rings is 1. The molecule has 0 radical (unpaired) electrons. The number of nitrogens with zero attached hydrogens (tertiary/aromatic N) is 4. The number of benzene rings is 1. The number of imidazole rings is 1. The van der Waals surface area contributed by atoms with Gasteiger partial charge in [0, 0.05) is 20.1 Å². The van der Waals surface area contributed by atoms with Crippen molar-refractivity contribution < 1.29 is 9.59 Å². The van der Waals surface area contributed by atoms with E-state index in [9.17, 15) is 14.4 Å². The van der Waals surface area contributed by atoms with E-state index in [4.69, 9.17) is 5.73 Å². The van der Waals surface area contributed by atoms with E-state index in [1.807, 2.05) is 35.2 Å². The molecule has 9 heteroatoms. The zero-order valence-corrected chi connectivity index (χ0v) is 16.7. The summed E-state index contributed by atoms with van der Waals surface area (Å²) in [5.74, 6) is -0.0230. The SMILES string of the molecule is Cn1c(=O)n(CC(=O)Nc2ccc(N3CCCC(C(N)=O)C3)nc2)c2ccccc21. The second kappa shape index (κ2) is 8.02. The lowest BCUT2D eigenvalue weighted by atomic mass is 9.97. The minimum absolute atomic E-state index is 0.0889. The maximum atomic E-state index is 12.5. The molecule has 9 nitrogen and oxygen atoms in total. The molecule has 0 aliphatic carbocycles. The fourth-order valence-corrected chi connectivity index (χ4v) is 3.92. The van der Waals surface area contributed by atoms with Gasteiger partial charge in [0.15, 0.2) is 0 Å². The van der Waals surface area contributed by atoms with Gasteiger partial charge in [-0.2, -0.15) is 0 Å². The quantitative estimate of drug-likeness (QED) is 0.655. The number of hydrogen-bond donors (Lipinski definition) is 2. The van der Waals surface area contributed by atoms with Gasteiger partial charge in [-0.25, -0.2) is 9.78 Å². The van der Waals surface area contributed by atoms with Crippen LogP contribution in [0.15, 0.2) is 47.4 Å². The van der Waals surface area contributed by atoms with Gasteiger partial charge in [0.05, 0.1) is 28.8 Å². The first kappa shape index (κ1) is 19.7. The monoisotopic (exact) mass is 408 g/mol. The van der Waals surface area contributed by atoms with Gasteiger partial charge in [-0.3, -0.25) is 18.7 Å². The van der Waals surface area contributed by atoms with E-state index in [2.05, 4.69) is 10.3 Å². The van der Waals surface area contributed by atoms with Crippen LogP contribution in [-0.4, -0.2) is 39.0 Å². The minimum atomic E-state index is -0.310. The highest BCUT2D eigenvalue weighted by Gasteiger charge is 2.24. The van der Waals surface area contributed by atoms with E-state index in [0.717, 1.165) is 30.7 Å². The Morgan fingerprint density at radius 3 is 2.67 bits per heavy atom. The normalized spacial score (nSPS) is 16.6. The summed E-state index contributed by atoms with van der Waals surface area (Å²) in [6, 6.07) is 10.9. The Bertz CT molecular complexity index is 1150. The summed E-state index contributed by atoms with van der Waals surface area (Å²) in [4.78, 5) is 42.9. The van der Waals surface area contributed by atoms with E-state index in [-0.39, 0.29) is 30.0 Å². The minimum Gasteiger partial charge on any atom is -0.369 e. The van der Waals surface area contributed by atoms with Crippen molar-refractivity contribution in [2.24, 2.45) is 18.7 Å². The molecule has 0 saturated carbocycles. The van der Waals surface area contributed by atoms with Crippen LogP contribution in [-0.2, 0) is 23.2 Å². The number of carbonyl (C=O) groups is 2. The van der Waals surface area contributed by atoms with Crippen LogP contribution in [0.1, 0.15) is 12.8 Å². The van der Waals surface area contributed by atoms with Crippen molar-refractivity contribution in [3.63, 3.8) is 0 Å². The molecule has 1 unspecified atom stereocenters. The van der Waals surface area contributed by atoms with Crippen molar-refractivity contribution in [1.82, 2.24) is 14.1 Å². The van der Waals surface area contributed by atoms with E-state index in [0.29, 0.717) is 17.7 Å². The van der Waals surface area contributed by atoms with Crippen molar-refractivity contribution in [3.8, 4) is 0 Å². The Morgan fingerprint density at radius 2 is 1.97 bits per heavy atom. The Labute approximate surface area is 173 Å². The first-order valence-corrected chi connectivity index (χ1v) is 9.88. The molecule has 3 heterocycles. The molecule has 3 N–H and O–H groups in total. The molecule has 1 aliphatic rings. The molecule has 0 spiro atoms. The average Bonchev–Trinajstić information content (AvgIpc) is 2.99. The first-order chi connectivity index (χ1) is 14.4. The van der Waals surface area contributed by atoms with E-state index in [1.54, 1.807) is 19.3 Å². The number of nitrogens with two attached hydrogens (primary N) is 1. The van der Waals surface area contributed by atoms with Crippen molar-refractivity contribution in [2.45, 2.75) is 19.4 Å². The lowest BCUT2D eigenvalue weighted by molar-refractivity contribution is -0.122. The predicted molar refractivity (Wildman–Crippen MR) is 114 cm³/mol. The van der Waals surface area contributed by atoms with E-state index < -0.39 is 0 Å². The number of amides is 2. The highest BCUT2D eigenvalue weighted by atomic mass is 16.2. The van der Waals surface area contributed by atoms with Crippen LogP contribution in [0.4, 0.5) is 11.5 Å². The van der Waals surface area contributed by atoms with E-state index in [1.165, 1.54) is 9.13 Å². The number of aryl methyl sites for hydroxylation is 1. The van der Waals surface area contributed by atoms with Crippen molar-refractivity contribution >= 4 is 34.4 Å². The molecular formula is C21H24N6O3. The zero-order valence-electron chi connectivity index (χ0n) is 16.7. The average molecular weight is 408 g/mol. The summed E-state index contributed by atoms with van der Waals surface area (Å²) in [5.41, 5.74) is 7.22. The fourth-order valence-electron chi connectivity index (χ4n) is 3.92. The summed E-state index contributed by atoms with van der Waals surface area (Å²) in [6.45, 7) is 1.28. The van der Waals surface area contributed by atoms with Gasteiger partial charge in [-0.05, 0) is 37.1 Å². The van der Waals surface area contributed by atoms with Gasteiger partial charge < -0.3 is 16.0 Å². The van der Waals surface area contributed by atoms with Crippen LogP contribution in [0.5, 0.6) is 0 Å². The van der Waals surface area contributed by atoms with Gasteiger partial charge in [0.2, 0.25) is 11.8 Å². The number of nitrogens with one attached hydrogen (secondary N) is 1. The van der Waals surface area contributed by atoms with Crippen LogP contribution in [0.25, 0.3) is 11.0 Å². The maximum Gasteiger partial charge on any atom is 0.329 e. The fraction of sp³-hybridized carbons (Fsp3) is 0.333. The second-order valence-corrected chi connectivity index (χ2v) is 7.56. The number of anilines is 2. The van der Waals surface area contributed by atoms with Gasteiger partial charge in [-0.15, -0.1) is 0 Å². The molecule has 1 aromatic carbocycles. The summed E-state index contributed by atoms with van der Waals surface area (Å²) in [5, 5.41) is 2.79. The number of carbonyl (C=O) groups excluding carboxylic acids is 2. The van der Waals surface area contributed by atoms with Gasteiger partial charge >= 0.3 is 5.69 Å². The standard InChI is InChI=1S/C21H24N6O3/c1-25-16-6-2-3-7-17(16)27(21(25)30)13-19(28)24-15-8-9-18(23-11-15)26-10-4-5-14(12-26)20(22)29/h2-3,6-9,11,14H,4-5,10,12-13H2,1H3,(H2,22,29)(H,24,28). The van der Waals surface area contributed by atoms with Gasteiger partial charge in [0.25, 0.3) is 0 Å². The van der Waals surface area contributed by atoms with Crippen molar-refractivity contribution in [1.29, 1.82) is 0 Å². The van der Waals surface area contributed by atoms with Gasteiger partial charge in [0.1, 0.15) is 12.4 Å². The number of rotatable bonds is 5. The van der Waals surface area contributed by atoms with Crippen molar-refractivity contribution in [2.75, 3.05) is 23.3 Å². The summed E-state index contributed by atoms with van der Waals surface area (Å²) >= 11 is 0. The molecule has 2 aromatic heterocycles. The molecule has 0 bridgehead atoms. The van der Waals surface area contributed by atoms with Crippen LogP contribution in [0.3, 0.4) is 0 Å². The molecule has 156 valence electrons. The molecule has 1 saturated heterocycles. The third-order valence-electron chi connectivity index (χ3n) is 5.53. The van der Waals surface area contributed by atoms with Crippen LogP contribution < -0.4 is 21.6 Å². The summed E-state index contributed by atoms with van der Waals surface area (Å²) < 4.78 is 2.97. The predicted octanol–water partition coefficient (Wildman–Crippen LogP) is 1.08. The molecule has 4 rings (SSSR count). The first-order valence-electron chi connectivity index (χ1n) is 9.88.